The molecule has 0 radical (unpaired) electrons. The molecule has 2 aromatic rings. The molecule has 0 fully saturated rings. The minimum atomic E-state index is -3.56. The first-order chi connectivity index (χ1) is 8.65. The predicted octanol–water partition coefficient (Wildman–Crippen LogP) is 2.03. The second-order valence-corrected chi connectivity index (χ2v) is 5.52. The van der Waals surface area contributed by atoms with Gasteiger partial charge in [-0.2, -0.15) is 5.26 Å². The van der Waals surface area contributed by atoms with Gasteiger partial charge >= 0.3 is 0 Å². The highest BCUT2D eigenvalue weighted by molar-refractivity contribution is 7.89. The van der Waals surface area contributed by atoms with Crippen molar-refractivity contribution in [2.24, 2.45) is 0 Å². The van der Waals surface area contributed by atoms with E-state index in [0.29, 0.717) is 5.39 Å². The average molecular weight is 260 g/mol. The van der Waals surface area contributed by atoms with Crippen LogP contribution in [0.15, 0.2) is 47.4 Å². The third-order valence-corrected chi connectivity index (χ3v) is 4.09. The maximum atomic E-state index is 12.1. The van der Waals surface area contributed by atoms with Crippen LogP contribution in [0, 0.1) is 11.3 Å². The van der Waals surface area contributed by atoms with Crippen LogP contribution in [0.25, 0.3) is 10.8 Å². The topological polar surface area (TPSA) is 70.0 Å². The van der Waals surface area contributed by atoms with Crippen molar-refractivity contribution in [1.82, 2.24) is 4.72 Å². The molecule has 0 heterocycles. The van der Waals surface area contributed by atoms with Crippen molar-refractivity contribution >= 4 is 20.8 Å². The lowest BCUT2D eigenvalue weighted by Gasteiger charge is -2.08. The number of nitriles is 1. The maximum absolute atomic E-state index is 12.1. The number of hydrogen-bond donors (Lipinski definition) is 1. The van der Waals surface area contributed by atoms with Gasteiger partial charge in [0.1, 0.15) is 0 Å². The molecule has 0 saturated heterocycles. The van der Waals surface area contributed by atoms with E-state index in [9.17, 15) is 8.42 Å². The smallest absolute Gasteiger partial charge is 0.210 e. The highest BCUT2D eigenvalue weighted by Gasteiger charge is 2.15. The lowest BCUT2D eigenvalue weighted by Crippen LogP contribution is -2.24. The summed E-state index contributed by atoms with van der Waals surface area (Å²) in [5, 5.41) is 9.98. The third kappa shape index (κ3) is 2.50. The third-order valence-electron chi connectivity index (χ3n) is 2.57. The Labute approximate surface area is 106 Å². The van der Waals surface area contributed by atoms with Gasteiger partial charge in [0.05, 0.1) is 11.0 Å². The van der Waals surface area contributed by atoms with Gasteiger partial charge in [-0.15, -0.1) is 0 Å². The van der Waals surface area contributed by atoms with E-state index in [1.807, 2.05) is 24.3 Å². The van der Waals surface area contributed by atoms with Crippen LogP contribution in [0.2, 0.25) is 0 Å². The molecule has 2 rings (SSSR count). The van der Waals surface area contributed by atoms with Gasteiger partial charge in [0.15, 0.2) is 0 Å². The van der Waals surface area contributed by atoms with Crippen LogP contribution in [0.4, 0.5) is 0 Å². The molecule has 0 aliphatic carbocycles. The fourth-order valence-corrected chi connectivity index (χ4v) is 3.01. The number of nitrogens with one attached hydrogen (secondary N) is 1. The number of nitrogens with zero attached hydrogens (tertiary/aromatic N) is 1. The normalized spacial score (nSPS) is 11.3. The summed E-state index contributed by atoms with van der Waals surface area (Å²) in [6.07, 6.45) is 0.157. The molecule has 0 saturated carbocycles. The molecule has 0 unspecified atom stereocenters. The van der Waals surface area contributed by atoms with E-state index in [2.05, 4.69) is 4.72 Å². The molecule has 18 heavy (non-hydrogen) atoms. The monoisotopic (exact) mass is 260 g/mol. The van der Waals surface area contributed by atoms with E-state index >= 15 is 0 Å². The zero-order valence-electron chi connectivity index (χ0n) is 9.63. The predicted molar refractivity (Wildman–Crippen MR) is 69.4 cm³/mol. The molecule has 0 aliphatic rings. The molecule has 4 nitrogen and oxygen atoms in total. The van der Waals surface area contributed by atoms with E-state index in [1.54, 1.807) is 24.3 Å². The molecule has 2 aromatic carbocycles. The fourth-order valence-electron chi connectivity index (χ4n) is 1.75. The number of hydrogen-bond acceptors (Lipinski definition) is 3. The van der Waals surface area contributed by atoms with Crippen LogP contribution in [-0.2, 0) is 10.0 Å². The molecule has 1 N–H and O–H groups in total. The van der Waals surface area contributed by atoms with Gasteiger partial charge in [0.25, 0.3) is 0 Å². The molecule has 0 aromatic heterocycles. The number of rotatable bonds is 4. The first-order valence-electron chi connectivity index (χ1n) is 5.49. The van der Waals surface area contributed by atoms with E-state index in [4.69, 9.17) is 5.26 Å². The summed E-state index contributed by atoms with van der Waals surface area (Å²) in [4.78, 5) is 0.249. The summed E-state index contributed by atoms with van der Waals surface area (Å²) in [5.74, 6) is 0. The second-order valence-electron chi connectivity index (χ2n) is 3.78. The van der Waals surface area contributed by atoms with Gasteiger partial charge in [-0.25, -0.2) is 13.1 Å². The van der Waals surface area contributed by atoms with E-state index in [-0.39, 0.29) is 17.9 Å². The van der Waals surface area contributed by atoms with E-state index in [0.717, 1.165) is 5.39 Å². The zero-order valence-corrected chi connectivity index (χ0v) is 10.4. The van der Waals surface area contributed by atoms with Crippen LogP contribution in [0.3, 0.4) is 0 Å². The largest absolute Gasteiger partial charge is 0.241 e. The minimum Gasteiger partial charge on any atom is -0.210 e. The highest BCUT2D eigenvalue weighted by Crippen LogP contribution is 2.22. The van der Waals surface area contributed by atoms with Gasteiger partial charge in [0, 0.05) is 18.4 Å². The Morgan fingerprint density at radius 1 is 1.11 bits per heavy atom. The molecular formula is C13H12N2O2S. The first kappa shape index (κ1) is 12.6. The number of sulfonamides is 1. The summed E-state index contributed by atoms with van der Waals surface area (Å²) >= 11 is 0. The van der Waals surface area contributed by atoms with Crippen molar-refractivity contribution in [2.75, 3.05) is 6.54 Å². The van der Waals surface area contributed by atoms with E-state index in [1.165, 1.54) is 0 Å². The lowest BCUT2D eigenvalue weighted by molar-refractivity contribution is 0.583. The Bertz CT molecular complexity index is 697. The molecule has 92 valence electrons. The Morgan fingerprint density at radius 2 is 1.83 bits per heavy atom. The first-order valence-corrected chi connectivity index (χ1v) is 6.98. The minimum absolute atomic E-state index is 0.127. The van der Waals surface area contributed by atoms with Crippen molar-refractivity contribution in [3.05, 3.63) is 42.5 Å². The molecular weight excluding hydrogens is 248 g/mol. The zero-order chi connectivity index (χ0) is 13.0. The molecule has 0 atom stereocenters. The Hall–Kier alpha value is -1.90. The Balaban J connectivity index is 2.45. The van der Waals surface area contributed by atoms with Crippen molar-refractivity contribution < 1.29 is 8.42 Å². The van der Waals surface area contributed by atoms with Crippen LogP contribution >= 0.6 is 0 Å². The molecule has 0 aliphatic heterocycles. The fraction of sp³-hybridized carbons (Fsp3) is 0.154. The Morgan fingerprint density at radius 3 is 2.61 bits per heavy atom. The summed E-state index contributed by atoms with van der Waals surface area (Å²) < 4.78 is 26.6. The van der Waals surface area contributed by atoms with Crippen LogP contribution in [-0.4, -0.2) is 15.0 Å². The van der Waals surface area contributed by atoms with Crippen molar-refractivity contribution in [1.29, 1.82) is 5.26 Å². The number of fused-ring (bicyclic) bond motifs is 1. The second kappa shape index (κ2) is 5.17. The molecule has 0 spiro atoms. The van der Waals surface area contributed by atoms with Crippen molar-refractivity contribution in [2.45, 2.75) is 11.3 Å². The summed E-state index contributed by atoms with van der Waals surface area (Å²) in [6.45, 7) is 0.127. The Kier molecular flexibility index (Phi) is 3.60. The van der Waals surface area contributed by atoms with Gasteiger partial charge in [-0.1, -0.05) is 36.4 Å². The van der Waals surface area contributed by atoms with E-state index < -0.39 is 10.0 Å². The number of benzene rings is 2. The molecule has 0 amide bonds. The van der Waals surface area contributed by atoms with Crippen LogP contribution in [0.1, 0.15) is 6.42 Å². The van der Waals surface area contributed by atoms with Gasteiger partial charge < -0.3 is 0 Å². The highest BCUT2D eigenvalue weighted by atomic mass is 32.2. The summed E-state index contributed by atoms with van der Waals surface area (Å²) in [5.41, 5.74) is 0. The quantitative estimate of drug-likeness (QED) is 0.855. The lowest BCUT2D eigenvalue weighted by atomic mass is 10.1. The molecule has 5 heteroatoms. The van der Waals surface area contributed by atoms with Gasteiger partial charge in [-0.05, 0) is 11.5 Å². The van der Waals surface area contributed by atoms with Crippen LogP contribution in [0.5, 0.6) is 0 Å². The maximum Gasteiger partial charge on any atom is 0.241 e. The average Bonchev–Trinajstić information content (AvgIpc) is 2.38. The van der Waals surface area contributed by atoms with Gasteiger partial charge in [0.2, 0.25) is 10.0 Å². The van der Waals surface area contributed by atoms with Gasteiger partial charge in [-0.3, -0.25) is 0 Å². The van der Waals surface area contributed by atoms with Crippen molar-refractivity contribution in [3.63, 3.8) is 0 Å². The SMILES string of the molecule is N#CCCNS(=O)(=O)c1cccc2ccccc12. The van der Waals surface area contributed by atoms with Crippen LogP contribution < -0.4 is 4.72 Å². The summed E-state index contributed by atoms with van der Waals surface area (Å²) in [7, 11) is -3.56. The van der Waals surface area contributed by atoms with Crippen molar-refractivity contribution in [3.8, 4) is 6.07 Å². The standard InChI is InChI=1S/C13H12N2O2S/c14-9-4-10-15-18(16,17)13-8-3-6-11-5-1-2-7-12(11)13/h1-3,5-8,15H,4,10H2. The molecule has 0 bridgehead atoms. The summed E-state index contributed by atoms with van der Waals surface area (Å²) in [6, 6.07) is 14.3.